The molecule has 0 bridgehead atoms. The highest BCUT2D eigenvalue weighted by molar-refractivity contribution is 6.30. The van der Waals surface area contributed by atoms with Gasteiger partial charge in [0.1, 0.15) is 11.5 Å². The van der Waals surface area contributed by atoms with Crippen LogP contribution < -0.4 is 15.2 Å². The Morgan fingerprint density at radius 3 is 2.37 bits per heavy atom. The number of nitrogen functional groups attached to an aromatic ring is 1. The van der Waals surface area contributed by atoms with Crippen molar-refractivity contribution in [1.82, 2.24) is 14.8 Å². The summed E-state index contributed by atoms with van der Waals surface area (Å²) in [5.41, 5.74) is 4.23. The second-order valence-corrected chi connectivity index (χ2v) is 7.55. The number of hydrogen-bond acceptors (Lipinski definition) is 5. The van der Waals surface area contributed by atoms with E-state index < -0.39 is 17.3 Å². The fourth-order valence-electron chi connectivity index (χ4n) is 3.10. The third-order valence-corrected chi connectivity index (χ3v) is 4.76. The van der Waals surface area contributed by atoms with Gasteiger partial charge in [-0.05, 0) is 50.2 Å². The van der Waals surface area contributed by atoms with Crippen LogP contribution in [0, 0.1) is 0 Å². The van der Waals surface area contributed by atoms with Crippen LogP contribution >= 0.6 is 11.6 Å². The lowest BCUT2D eigenvalue weighted by Crippen LogP contribution is -2.29. The summed E-state index contributed by atoms with van der Waals surface area (Å²) in [6.07, 6.45) is -4.60. The summed E-state index contributed by atoms with van der Waals surface area (Å²) in [7, 11) is 2.88. The number of aromatic nitrogens is 3. The lowest BCUT2D eigenvalue weighted by atomic mass is 10.1. The van der Waals surface area contributed by atoms with Crippen molar-refractivity contribution in [3.63, 3.8) is 0 Å². The number of anilines is 1. The summed E-state index contributed by atoms with van der Waals surface area (Å²) >= 11 is 5.91. The highest BCUT2D eigenvalue weighted by Crippen LogP contribution is 2.39. The zero-order valence-electron chi connectivity index (χ0n) is 16.7. The van der Waals surface area contributed by atoms with E-state index in [1.807, 2.05) is 0 Å². The lowest BCUT2D eigenvalue weighted by Gasteiger charge is -2.26. The minimum absolute atomic E-state index is 0.0423. The molecule has 0 aliphatic heterocycles. The van der Waals surface area contributed by atoms with Gasteiger partial charge in [-0.1, -0.05) is 11.6 Å². The van der Waals surface area contributed by atoms with Crippen LogP contribution in [0.3, 0.4) is 0 Å². The molecule has 0 saturated heterocycles. The number of methoxy groups -OCH3 is 1. The summed E-state index contributed by atoms with van der Waals surface area (Å²) in [6.45, 7) is 3.43. The minimum atomic E-state index is -4.60. The van der Waals surface area contributed by atoms with Crippen LogP contribution in [-0.4, -0.2) is 21.9 Å². The van der Waals surface area contributed by atoms with E-state index in [1.165, 1.54) is 23.8 Å². The molecule has 1 aromatic heterocycles. The van der Waals surface area contributed by atoms with Gasteiger partial charge < -0.3 is 19.8 Å². The quantitative estimate of drug-likeness (QED) is 0.561. The van der Waals surface area contributed by atoms with Crippen molar-refractivity contribution in [1.29, 1.82) is 0 Å². The van der Waals surface area contributed by atoms with Crippen LogP contribution in [0.25, 0.3) is 11.4 Å². The van der Waals surface area contributed by atoms with E-state index in [4.69, 9.17) is 26.8 Å². The van der Waals surface area contributed by atoms with Crippen molar-refractivity contribution < 1.29 is 22.6 Å². The highest BCUT2D eigenvalue weighted by atomic mass is 35.5. The van der Waals surface area contributed by atoms with Gasteiger partial charge in [0.25, 0.3) is 0 Å². The van der Waals surface area contributed by atoms with Crippen LogP contribution in [0.15, 0.2) is 36.4 Å². The van der Waals surface area contributed by atoms with E-state index >= 15 is 0 Å². The number of rotatable bonds is 5. The van der Waals surface area contributed by atoms with Crippen molar-refractivity contribution >= 4 is 17.3 Å². The second-order valence-electron chi connectivity index (χ2n) is 7.11. The van der Waals surface area contributed by atoms with Crippen molar-refractivity contribution in [3.05, 3.63) is 52.8 Å². The van der Waals surface area contributed by atoms with Gasteiger partial charge in [-0.3, -0.25) is 0 Å². The van der Waals surface area contributed by atoms with Gasteiger partial charge in [0, 0.05) is 17.6 Å². The minimum Gasteiger partial charge on any atom is -0.497 e. The van der Waals surface area contributed by atoms with Crippen LogP contribution in [0.1, 0.15) is 25.2 Å². The summed E-state index contributed by atoms with van der Waals surface area (Å²) in [5.74, 6) is 0.821. The van der Waals surface area contributed by atoms with Gasteiger partial charge in [0.05, 0.1) is 18.4 Å². The first-order valence-electron chi connectivity index (χ1n) is 8.83. The fraction of sp³-hybridized carbons (Fsp3) is 0.300. The molecule has 2 N–H and O–H groups in total. The molecule has 0 atom stereocenters. The van der Waals surface area contributed by atoms with E-state index in [0.717, 1.165) is 6.07 Å². The van der Waals surface area contributed by atoms with Gasteiger partial charge in [-0.15, -0.1) is 10.2 Å². The summed E-state index contributed by atoms with van der Waals surface area (Å²) < 4.78 is 53.3. The smallest absolute Gasteiger partial charge is 0.417 e. The first kappa shape index (κ1) is 21.8. The molecule has 0 fully saturated rings. The molecule has 0 radical (unpaired) electrons. The third kappa shape index (κ3) is 4.16. The molecule has 2 aromatic carbocycles. The van der Waals surface area contributed by atoms with Crippen LogP contribution in [0.5, 0.6) is 11.5 Å². The first-order chi connectivity index (χ1) is 13.9. The van der Waals surface area contributed by atoms with Crippen molar-refractivity contribution in [3.8, 4) is 22.9 Å². The summed E-state index contributed by atoms with van der Waals surface area (Å²) in [6, 6.07) is 8.46. The normalized spacial score (nSPS) is 12.1. The van der Waals surface area contributed by atoms with E-state index in [2.05, 4.69) is 10.2 Å². The molecule has 0 unspecified atom stereocenters. The molecule has 0 saturated carbocycles. The number of hydrogen-bond donors (Lipinski definition) is 1. The summed E-state index contributed by atoms with van der Waals surface area (Å²) in [5, 5.41) is 8.55. The largest absolute Gasteiger partial charge is 0.497 e. The molecule has 160 valence electrons. The van der Waals surface area contributed by atoms with Crippen molar-refractivity contribution in [2.75, 3.05) is 12.8 Å². The standard InChI is InChI=1S/C20H20ClF3N4O2/c1-19(2,30-16-8-5-11(21)9-15(16)25)18-27-26-17(28(18)3)13-7-6-12(29-4)10-14(13)20(22,23)24/h5-10H,25H2,1-4H3. The Labute approximate surface area is 176 Å². The Balaban J connectivity index is 2.04. The maximum atomic E-state index is 13.6. The number of nitrogens with zero attached hydrogens (tertiary/aromatic N) is 3. The fourth-order valence-corrected chi connectivity index (χ4v) is 3.28. The molecule has 30 heavy (non-hydrogen) atoms. The van der Waals surface area contributed by atoms with Gasteiger partial charge in [0.2, 0.25) is 0 Å². The predicted molar refractivity (Wildman–Crippen MR) is 108 cm³/mol. The lowest BCUT2D eigenvalue weighted by molar-refractivity contribution is -0.137. The average Bonchev–Trinajstić information content (AvgIpc) is 3.05. The van der Waals surface area contributed by atoms with Gasteiger partial charge >= 0.3 is 6.18 Å². The molecule has 6 nitrogen and oxygen atoms in total. The Morgan fingerprint density at radius 2 is 1.77 bits per heavy atom. The number of alkyl halides is 3. The zero-order valence-corrected chi connectivity index (χ0v) is 17.5. The highest BCUT2D eigenvalue weighted by Gasteiger charge is 2.37. The molecule has 0 amide bonds. The number of ether oxygens (including phenoxy) is 2. The molecular formula is C20H20ClF3N4O2. The van der Waals surface area contributed by atoms with E-state index in [0.29, 0.717) is 22.3 Å². The maximum absolute atomic E-state index is 13.6. The number of halogens is 4. The Morgan fingerprint density at radius 1 is 1.07 bits per heavy atom. The van der Waals surface area contributed by atoms with Gasteiger partial charge in [0.15, 0.2) is 17.2 Å². The first-order valence-corrected chi connectivity index (χ1v) is 9.21. The topological polar surface area (TPSA) is 75.2 Å². The van der Waals surface area contributed by atoms with E-state index in [-0.39, 0.29) is 17.1 Å². The van der Waals surface area contributed by atoms with Crippen LogP contribution in [0.4, 0.5) is 18.9 Å². The molecule has 3 rings (SSSR count). The monoisotopic (exact) mass is 440 g/mol. The second kappa shape index (κ2) is 7.71. The van der Waals surface area contributed by atoms with Crippen molar-refractivity contribution in [2.45, 2.75) is 25.6 Å². The summed E-state index contributed by atoms with van der Waals surface area (Å²) in [4.78, 5) is 0. The van der Waals surface area contributed by atoms with Gasteiger partial charge in [-0.2, -0.15) is 13.2 Å². The maximum Gasteiger partial charge on any atom is 0.417 e. The predicted octanol–water partition coefficient (Wildman–Crippen LogP) is 5.06. The van der Waals surface area contributed by atoms with Gasteiger partial charge in [-0.25, -0.2) is 0 Å². The average molecular weight is 441 g/mol. The molecule has 0 spiro atoms. The molecule has 10 heteroatoms. The Bertz CT molecular complexity index is 1080. The zero-order chi connectivity index (χ0) is 22.3. The van der Waals surface area contributed by atoms with Crippen LogP contribution in [-0.2, 0) is 18.8 Å². The van der Waals surface area contributed by atoms with Crippen LogP contribution in [0.2, 0.25) is 5.02 Å². The molecular weight excluding hydrogens is 421 g/mol. The Kier molecular flexibility index (Phi) is 5.60. The number of nitrogens with two attached hydrogens (primary N) is 1. The van der Waals surface area contributed by atoms with Crippen molar-refractivity contribution in [2.24, 2.45) is 7.05 Å². The molecule has 1 heterocycles. The third-order valence-electron chi connectivity index (χ3n) is 4.52. The number of benzene rings is 2. The Hall–Kier alpha value is -2.94. The molecule has 3 aromatic rings. The molecule has 0 aliphatic carbocycles. The molecule has 0 aliphatic rings. The SMILES string of the molecule is COc1ccc(-c2nnc(C(C)(C)Oc3ccc(Cl)cc3N)n2C)c(C(F)(F)F)c1. The van der Waals surface area contributed by atoms with E-state index in [1.54, 1.807) is 39.1 Å². The van der Waals surface area contributed by atoms with E-state index in [9.17, 15) is 13.2 Å².